The van der Waals surface area contributed by atoms with Gasteiger partial charge < -0.3 is 14.8 Å². The van der Waals surface area contributed by atoms with Crippen LogP contribution >= 0.6 is 15.9 Å². The van der Waals surface area contributed by atoms with Crippen LogP contribution in [0.15, 0.2) is 22.7 Å². The van der Waals surface area contributed by atoms with Crippen molar-refractivity contribution in [3.05, 3.63) is 28.2 Å². The van der Waals surface area contributed by atoms with Gasteiger partial charge in [-0.05, 0) is 53.4 Å². The van der Waals surface area contributed by atoms with Gasteiger partial charge in [0.2, 0.25) is 0 Å². The van der Waals surface area contributed by atoms with Gasteiger partial charge in [0.05, 0.1) is 13.2 Å². The molecular weight excluding hydrogens is 306 g/mol. The van der Waals surface area contributed by atoms with E-state index >= 15 is 0 Å². The molecule has 1 saturated heterocycles. The molecule has 0 unspecified atom stereocenters. The first kappa shape index (κ1) is 13.4. The van der Waals surface area contributed by atoms with Gasteiger partial charge in [0.25, 0.3) is 0 Å². The van der Waals surface area contributed by atoms with E-state index in [1.807, 2.05) is 0 Å². The average molecular weight is 326 g/mol. The van der Waals surface area contributed by atoms with Crippen LogP contribution in [0.1, 0.15) is 31.2 Å². The lowest BCUT2D eigenvalue weighted by Crippen LogP contribution is -2.39. The van der Waals surface area contributed by atoms with Crippen molar-refractivity contribution in [3.8, 4) is 0 Å². The van der Waals surface area contributed by atoms with E-state index in [1.54, 1.807) is 0 Å². The number of benzene rings is 1. The number of halogens is 1. The quantitative estimate of drug-likeness (QED) is 0.895. The highest BCUT2D eigenvalue weighted by molar-refractivity contribution is 9.10. The van der Waals surface area contributed by atoms with E-state index in [0.717, 1.165) is 43.4 Å². The first-order chi connectivity index (χ1) is 9.17. The van der Waals surface area contributed by atoms with Crippen LogP contribution in [0.5, 0.6) is 0 Å². The number of ether oxygens (including phenoxy) is 2. The molecule has 1 aromatic rings. The summed E-state index contributed by atoms with van der Waals surface area (Å²) in [5, 5.41) is 3.64. The van der Waals surface area contributed by atoms with Crippen molar-refractivity contribution in [1.82, 2.24) is 0 Å². The van der Waals surface area contributed by atoms with Gasteiger partial charge in [0.15, 0.2) is 5.79 Å². The summed E-state index contributed by atoms with van der Waals surface area (Å²) in [7, 11) is 0. The van der Waals surface area contributed by atoms with E-state index in [1.165, 1.54) is 11.3 Å². The fourth-order valence-electron chi connectivity index (χ4n) is 2.96. The summed E-state index contributed by atoms with van der Waals surface area (Å²) < 4.78 is 12.7. The van der Waals surface area contributed by atoms with Gasteiger partial charge in [-0.2, -0.15) is 0 Å². The Hall–Kier alpha value is -0.580. The van der Waals surface area contributed by atoms with Crippen molar-refractivity contribution in [2.24, 2.45) is 0 Å². The molecule has 0 radical (unpaired) electrons. The van der Waals surface area contributed by atoms with Crippen LogP contribution in [-0.2, 0) is 9.47 Å². The maximum Gasteiger partial charge on any atom is 0.168 e. The normalized spacial score (nSPS) is 22.8. The second-order valence-electron chi connectivity index (χ2n) is 5.51. The molecule has 0 atom stereocenters. The van der Waals surface area contributed by atoms with Crippen LogP contribution in [0.25, 0.3) is 0 Å². The molecule has 2 aliphatic rings. The molecule has 0 amide bonds. The predicted octanol–water partition coefficient (Wildman–Crippen LogP) is 3.86. The molecular formula is C15H20BrNO2. The molecule has 1 spiro atoms. The van der Waals surface area contributed by atoms with Gasteiger partial charge in [-0.3, -0.25) is 0 Å². The summed E-state index contributed by atoms with van der Waals surface area (Å²) in [6.07, 6.45) is 4.18. The molecule has 0 aromatic heterocycles. The highest BCUT2D eigenvalue weighted by Gasteiger charge is 2.40. The van der Waals surface area contributed by atoms with E-state index in [2.05, 4.69) is 46.4 Å². The Morgan fingerprint density at radius 1 is 1.21 bits per heavy atom. The second kappa shape index (κ2) is 5.43. The lowest BCUT2D eigenvalue weighted by Gasteiger charge is -2.36. The molecule has 4 heteroatoms. The van der Waals surface area contributed by atoms with Crippen molar-refractivity contribution < 1.29 is 9.47 Å². The molecule has 19 heavy (non-hydrogen) atoms. The minimum atomic E-state index is -0.262. The van der Waals surface area contributed by atoms with Crippen molar-refractivity contribution in [1.29, 1.82) is 0 Å². The fourth-order valence-corrected chi connectivity index (χ4v) is 3.32. The molecule has 1 aliphatic heterocycles. The molecule has 1 saturated carbocycles. The van der Waals surface area contributed by atoms with Crippen LogP contribution < -0.4 is 5.32 Å². The Labute approximate surface area is 122 Å². The summed E-state index contributed by atoms with van der Waals surface area (Å²) in [4.78, 5) is 0. The minimum absolute atomic E-state index is 0.262. The Bertz CT molecular complexity index is 447. The summed E-state index contributed by atoms with van der Waals surface area (Å²) in [5.74, 6) is -0.262. The van der Waals surface area contributed by atoms with E-state index in [-0.39, 0.29) is 5.79 Å². The largest absolute Gasteiger partial charge is 0.381 e. The van der Waals surface area contributed by atoms with Gasteiger partial charge in [-0.1, -0.05) is 6.07 Å². The lowest BCUT2D eigenvalue weighted by atomic mass is 9.90. The van der Waals surface area contributed by atoms with Crippen LogP contribution in [0, 0.1) is 6.92 Å². The lowest BCUT2D eigenvalue weighted by molar-refractivity contribution is -0.177. The van der Waals surface area contributed by atoms with E-state index in [9.17, 15) is 0 Å². The molecule has 1 aromatic carbocycles. The van der Waals surface area contributed by atoms with Crippen LogP contribution in [-0.4, -0.2) is 25.0 Å². The van der Waals surface area contributed by atoms with E-state index < -0.39 is 0 Å². The summed E-state index contributed by atoms with van der Waals surface area (Å²) in [6, 6.07) is 6.92. The third kappa shape index (κ3) is 2.96. The highest BCUT2D eigenvalue weighted by atomic mass is 79.9. The molecule has 3 nitrogen and oxygen atoms in total. The number of hydrogen-bond donors (Lipinski definition) is 1. The number of anilines is 1. The zero-order valence-corrected chi connectivity index (χ0v) is 12.8. The monoisotopic (exact) mass is 325 g/mol. The van der Waals surface area contributed by atoms with E-state index in [0.29, 0.717) is 6.04 Å². The molecule has 1 N–H and O–H groups in total. The zero-order chi connectivity index (χ0) is 13.3. The Morgan fingerprint density at radius 3 is 2.58 bits per heavy atom. The van der Waals surface area contributed by atoms with Gasteiger partial charge in [-0.15, -0.1) is 0 Å². The smallest absolute Gasteiger partial charge is 0.168 e. The highest BCUT2D eigenvalue weighted by Crippen LogP contribution is 2.37. The maximum absolute atomic E-state index is 5.76. The third-order valence-electron chi connectivity index (χ3n) is 4.04. The standard InChI is InChI=1S/C15H20BrNO2/c1-11-2-3-13(16)14(10-11)17-12-4-6-15(7-5-12)18-8-9-19-15/h2-3,10,12,17H,4-9H2,1H3. The van der Waals surface area contributed by atoms with Gasteiger partial charge in [-0.25, -0.2) is 0 Å². The molecule has 1 heterocycles. The average Bonchev–Trinajstić information content (AvgIpc) is 2.85. The Balaban J connectivity index is 1.61. The zero-order valence-electron chi connectivity index (χ0n) is 11.2. The van der Waals surface area contributed by atoms with E-state index in [4.69, 9.17) is 9.47 Å². The van der Waals surface area contributed by atoms with Crippen molar-refractivity contribution in [3.63, 3.8) is 0 Å². The minimum Gasteiger partial charge on any atom is -0.381 e. The van der Waals surface area contributed by atoms with Crippen molar-refractivity contribution in [2.75, 3.05) is 18.5 Å². The van der Waals surface area contributed by atoms with Gasteiger partial charge in [0, 0.05) is 29.0 Å². The first-order valence-electron chi connectivity index (χ1n) is 6.97. The molecule has 2 fully saturated rings. The van der Waals surface area contributed by atoms with Gasteiger partial charge in [0.1, 0.15) is 0 Å². The maximum atomic E-state index is 5.76. The number of rotatable bonds is 2. The number of nitrogens with one attached hydrogen (secondary N) is 1. The molecule has 0 bridgehead atoms. The summed E-state index contributed by atoms with van der Waals surface area (Å²) in [6.45, 7) is 3.62. The van der Waals surface area contributed by atoms with Crippen molar-refractivity contribution >= 4 is 21.6 Å². The Morgan fingerprint density at radius 2 is 1.89 bits per heavy atom. The SMILES string of the molecule is Cc1ccc(Br)c(NC2CCC3(CC2)OCCO3)c1. The fraction of sp³-hybridized carbons (Fsp3) is 0.600. The molecule has 1 aliphatic carbocycles. The number of aryl methyl sites for hydroxylation is 1. The van der Waals surface area contributed by atoms with Crippen LogP contribution in [0.4, 0.5) is 5.69 Å². The second-order valence-corrected chi connectivity index (χ2v) is 6.36. The topological polar surface area (TPSA) is 30.5 Å². The third-order valence-corrected chi connectivity index (χ3v) is 4.73. The molecule has 3 rings (SSSR count). The summed E-state index contributed by atoms with van der Waals surface area (Å²) in [5.41, 5.74) is 2.47. The van der Waals surface area contributed by atoms with Crippen molar-refractivity contribution in [2.45, 2.75) is 44.4 Å². The van der Waals surface area contributed by atoms with Gasteiger partial charge >= 0.3 is 0 Å². The van der Waals surface area contributed by atoms with Crippen LogP contribution in [0.3, 0.4) is 0 Å². The summed E-state index contributed by atoms with van der Waals surface area (Å²) >= 11 is 3.61. The number of hydrogen-bond acceptors (Lipinski definition) is 3. The first-order valence-corrected chi connectivity index (χ1v) is 7.77. The predicted molar refractivity (Wildman–Crippen MR) is 79.4 cm³/mol. The Kier molecular flexibility index (Phi) is 3.83. The van der Waals surface area contributed by atoms with Crippen LogP contribution in [0.2, 0.25) is 0 Å². The molecule has 104 valence electrons.